The Morgan fingerprint density at radius 3 is 2.31 bits per heavy atom. The summed E-state index contributed by atoms with van der Waals surface area (Å²) in [6.45, 7) is 20.3. The number of carbonyl (C=O) groups excluding carboxylic acids is 1. The molecule has 0 spiro atoms. The first-order valence-electron chi connectivity index (χ1n) is 20.7. The van der Waals surface area contributed by atoms with Gasteiger partial charge < -0.3 is 20.1 Å². The van der Waals surface area contributed by atoms with Gasteiger partial charge in [0.15, 0.2) is 9.84 Å². The molecule has 10 atom stereocenters. The van der Waals surface area contributed by atoms with Crippen molar-refractivity contribution in [3.8, 4) is 0 Å². The van der Waals surface area contributed by atoms with E-state index in [1.807, 2.05) is 0 Å². The lowest BCUT2D eigenvalue weighted by molar-refractivity contribution is -0.226. The number of carbonyl (C=O) groups is 1. The SMILES string of the molecule is COC(=O)C1CC=C(C2=CC[C@]3(C)[C@H]4CC[C@@H]5[C@H]6[C@H](C(C)(C)O)CC[C@]6(NCCN6CCS(=O)(=O)CC6)CC[C@@]5(C)[C@]4(C)CC[C@H]3C2(C)C)CC1. The van der Waals surface area contributed by atoms with Gasteiger partial charge in [-0.15, -0.1) is 0 Å². The monoisotopic (exact) mass is 727 g/mol. The highest BCUT2D eigenvalue weighted by Gasteiger charge is 2.71. The van der Waals surface area contributed by atoms with E-state index < -0.39 is 15.4 Å². The summed E-state index contributed by atoms with van der Waals surface area (Å²) in [5.74, 6) is 3.11. The van der Waals surface area contributed by atoms with Crippen LogP contribution in [0.25, 0.3) is 0 Å². The van der Waals surface area contributed by atoms with Gasteiger partial charge in [0.05, 0.1) is 30.1 Å². The molecule has 288 valence electrons. The third kappa shape index (κ3) is 6.05. The lowest BCUT2D eigenvalue weighted by atomic mass is 9.32. The van der Waals surface area contributed by atoms with Crippen molar-refractivity contribution >= 4 is 15.8 Å². The molecule has 0 aromatic carbocycles. The number of nitrogens with one attached hydrogen (secondary N) is 1. The van der Waals surface area contributed by atoms with Crippen molar-refractivity contribution in [3.05, 3.63) is 23.3 Å². The molecule has 6 aliphatic carbocycles. The molecule has 0 radical (unpaired) electrons. The van der Waals surface area contributed by atoms with E-state index in [9.17, 15) is 18.3 Å². The van der Waals surface area contributed by atoms with E-state index in [-0.39, 0.29) is 56.5 Å². The minimum Gasteiger partial charge on any atom is -0.469 e. The molecule has 0 amide bonds. The number of esters is 1. The van der Waals surface area contributed by atoms with Crippen molar-refractivity contribution in [1.29, 1.82) is 0 Å². The van der Waals surface area contributed by atoms with Crippen molar-refractivity contribution in [1.82, 2.24) is 10.2 Å². The minimum atomic E-state index is -2.88. The van der Waals surface area contributed by atoms with Crippen LogP contribution in [0.2, 0.25) is 0 Å². The number of aliphatic hydroxyl groups is 1. The normalized spacial score (nSPS) is 45.0. The molecule has 7 nitrogen and oxygen atoms in total. The summed E-state index contributed by atoms with van der Waals surface area (Å²) in [7, 11) is -1.37. The van der Waals surface area contributed by atoms with Crippen molar-refractivity contribution < 1.29 is 23.1 Å². The second-order valence-electron chi connectivity index (χ2n) is 20.3. The predicted octanol–water partition coefficient (Wildman–Crippen LogP) is 7.35. The molecule has 1 heterocycles. The van der Waals surface area contributed by atoms with Crippen LogP contribution in [0, 0.1) is 57.2 Å². The Bertz CT molecular complexity index is 1530. The Labute approximate surface area is 310 Å². The van der Waals surface area contributed by atoms with E-state index >= 15 is 0 Å². The van der Waals surface area contributed by atoms with Gasteiger partial charge in [0.25, 0.3) is 0 Å². The predicted molar refractivity (Wildman–Crippen MR) is 205 cm³/mol. The molecule has 0 aromatic heterocycles. The van der Waals surface area contributed by atoms with Crippen LogP contribution in [0.5, 0.6) is 0 Å². The Morgan fingerprint density at radius 2 is 1.67 bits per heavy atom. The maximum absolute atomic E-state index is 12.3. The third-order valence-electron chi connectivity index (χ3n) is 17.6. The molecule has 7 rings (SSSR count). The molecule has 0 bridgehead atoms. The molecule has 4 saturated carbocycles. The van der Waals surface area contributed by atoms with E-state index in [2.05, 4.69) is 70.8 Å². The number of hydrogen-bond donors (Lipinski definition) is 2. The largest absolute Gasteiger partial charge is 0.469 e. The van der Waals surface area contributed by atoms with E-state index in [0.29, 0.717) is 36.8 Å². The Kier molecular flexibility index (Phi) is 9.66. The molecule has 8 heteroatoms. The molecule has 1 saturated heterocycles. The summed E-state index contributed by atoms with van der Waals surface area (Å²) in [5.41, 5.74) is 3.17. The zero-order valence-corrected chi connectivity index (χ0v) is 34.1. The average Bonchev–Trinajstić information content (AvgIpc) is 3.46. The van der Waals surface area contributed by atoms with Gasteiger partial charge in [-0.05, 0) is 153 Å². The number of methoxy groups -OCH3 is 1. The Morgan fingerprint density at radius 1 is 0.941 bits per heavy atom. The second-order valence-corrected chi connectivity index (χ2v) is 22.6. The van der Waals surface area contributed by atoms with Crippen molar-refractivity contribution in [2.45, 2.75) is 137 Å². The molecule has 5 fully saturated rings. The van der Waals surface area contributed by atoms with E-state index in [4.69, 9.17) is 4.74 Å². The van der Waals surface area contributed by atoms with Gasteiger partial charge in [-0.1, -0.05) is 46.8 Å². The number of nitrogens with zero attached hydrogens (tertiary/aromatic N) is 1. The fourth-order valence-electron chi connectivity index (χ4n) is 14.7. The standard InChI is InChI=1S/C43H70N2O5S/c1-38(2)31(29-9-11-30(12-10-29)37(46)50-8)15-18-40(5)34(38)17-19-42(7)35(40)14-13-33-36-32(39(3,4)47)16-20-43(36,22-21-41(33,42)6)44-23-24-45-25-27-51(48,49)28-26-45/h9,15,30,32-36,44,47H,10-14,16-28H2,1-8H3/t30?,32-,33-,34+,35-,36-,40+,41-,42-,43+/m1/s1. The number of allylic oxidation sites excluding steroid dienone is 4. The zero-order valence-electron chi connectivity index (χ0n) is 33.3. The maximum atomic E-state index is 12.3. The van der Waals surface area contributed by atoms with Crippen LogP contribution in [0.1, 0.15) is 126 Å². The molecular formula is C43H70N2O5S. The van der Waals surface area contributed by atoms with Crippen LogP contribution in [-0.4, -0.2) is 80.3 Å². The lowest BCUT2D eigenvalue weighted by Gasteiger charge is -2.72. The van der Waals surface area contributed by atoms with Crippen molar-refractivity contribution in [3.63, 3.8) is 0 Å². The molecule has 1 aliphatic heterocycles. The van der Waals surface area contributed by atoms with Crippen LogP contribution < -0.4 is 5.32 Å². The molecule has 51 heavy (non-hydrogen) atoms. The fraction of sp³-hybridized carbons (Fsp3) is 0.884. The number of fused-ring (bicyclic) bond motifs is 7. The van der Waals surface area contributed by atoms with Crippen molar-refractivity contribution in [2.24, 2.45) is 57.2 Å². The zero-order chi connectivity index (χ0) is 36.8. The first kappa shape index (κ1) is 38.1. The summed E-state index contributed by atoms with van der Waals surface area (Å²) in [6, 6.07) is 0. The van der Waals surface area contributed by atoms with Gasteiger partial charge in [-0.3, -0.25) is 4.79 Å². The van der Waals surface area contributed by atoms with Crippen LogP contribution in [-0.2, 0) is 19.4 Å². The van der Waals surface area contributed by atoms with E-state index in [1.54, 1.807) is 5.57 Å². The summed E-state index contributed by atoms with van der Waals surface area (Å²) < 4.78 is 29.2. The molecule has 2 N–H and O–H groups in total. The average molecular weight is 727 g/mol. The fourth-order valence-corrected chi connectivity index (χ4v) is 16.0. The summed E-state index contributed by atoms with van der Waals surface area (Å²) >= 11 is 0. The van der Waals surface area contributed by atoms with Gasteiger partial charge in [-0.25, -0.2) is 8.42 Å². The second kappa shape index (κ2) is 12.9. The number of hydrogen-bond acceptors (Lipinski definition) is 7. The number of ether oxygens (including phenoxy) is 1. The van der Waals surface area contributed by atoms with E-state index in [0.717, 1.165) is 51.6 Å². The summed E-state index contributed by atoms with van der Waals surface area (Å²) in [6.07, 6.45) is 18.5. The minimum absolute atomic E-state index is 0.00116. The highest BCUT2D eigenvalue weighted by atomic mass is 32.2. The van der Waals surface area contributed by atoms with Gasteiger partial charge in [0.1, 0.15) is 0 Å². The molecular weight excluding hydrogens is 657 g/mol. The van der Waals surface area contributed by atoms with Crippen LogP contribution in [0.4, 0.5) is 0 Å². The highest BCUT2D eigenvalue weighted by molar-refractivity contribution is 7.91. The molecule has 0 aromatic rings. The lowest BCUT2D eigenvalue weighted by Crippen LogP contribution is -2.68. The van der Waals surface area contributed by atoms with Gasteiger partial charge in [0.2, 0.25) is 0 Å². The molecule has 1 unspecified atom stereocenters. The number of rotatable bonds is 7. The Balaban J connectivity index is 1.14. The summed E-state index contributed by atoms with van der Waals surface area (Å²) in [5, 5.41) is 15.9. The van der Waals surface area contributed by atoms with Crippen LogP contribution in [0.3, 0.4) is 0 Å². The smallest absolute Gasteiger partial charge is 0.308 e. The van der Waals surface area contributed by atoms with Gasteiger partial charge in [0, 0.05) is 31.7 Å². The van der Waals surface area contributed by atoms with Gasteiger partial charge in [-0.2, -0.15) is 0 Å². The van der Waals surface area contributed by atoms with Crippen molar-refractivity contribution in [2.75, 3.05) is 44.8 Å². The maximum Gasteiger partial charge on any atom is 0.308 e. The van der Waals surface area contributed by atoms with Crippen LogP contribution >= 0.6 is 0 Å². The first-order valence-corrected chi connectivity index (χ1v) is 22.5. The van der Waals surface area contributed by atoms with Crippen LogP contribution in [0.15, 0.2) is 23.3 Å². The molecule has 7 aliphatic rings. The van der Waals surface area contributed by atoms with Gasteiger partial charge >= 0.3 is 5.97 Å². The first-order chi connectivity index (χ1) is 23.8. The summed E-state index contributed by atoms with van der Waals surface area (Å²) in [4.78, 5) is 14.6. The Hall–Kier alpha value is -1.22. The highest BCUT2D eigenvalue weighted by Crippen LogP contribution is 2.76. The number of sulfone groups is 1. The van der Waals surface area contributed by atoms with E-state index in [1.165, 1.54) is 51.2 Å². The third-order valence-corrected chi connectivity index (χ3v) is 19.2. The topological polar surface area (TPSA) is 95.9 Å². The quantitative estimate of drug-likeness (QED) is 0.265.